The quantitative estimate of drug-likeness (QED) is 0.644. The smallest absolute Gasteiger partial charge is 0.167 e. The van der Waals surface area contributed by atoms with Gasteiger partial charge in [-0.1, -0.05) is 24.2 Å². The van der Waals surface area contributed by atoms with Crippen molar-refractivity contribution in [1.82, 2.24) is 14.6 Å². The molecule has 0 bridgehead atoms. The molecule has 2 unspecified atom stereocenters. The van der Waals surface area contributed by atoms with Crippen LogP contribution in [0, 0.1) is 5.92 Å². The van der Waals surface area contributed by atoms with Crippen molar-refractivity contribution in [3.63, 3.8) is 0 Å². The second kappa shape index (κ2) is 7.45. The summed E-state index contributed by atoms with van der Waals surface area (Å²) < 4.78 is 7.62. The molecule has 1 aliphatic heterocycles. The lowest BCUT2D eigenvalue weighted by Crippen LogP contribution is -2.36. The number of rotatable bonds is 4. The van der Waals surface area contributed by atoms with Crippen LogP contribution in [0.3, 0.4) is 0 Å². The highest BCUT2D eigenvalue weighted by molar-refractivity contribution is 6.00. The van der Waals surface area contributed by atoms with E-state index in [0.717, 1.165) is 67.5 Å². The molecule has 1 fully saturated rings. The van der Waals surface area contributed by atoms with Crippen LogP contribution in [0.5, 0.6) is 0 Å². The maximum Gasteiger partial charge on any atom is 0.167 e. The number of para-hydroxylation sites is 1. The fourth-order valence-electron chi connectivity index (χ4n) is 5.45. The molecule has 5 heteroatoms. The zero-order valence-corrected chi connectivity index (χ0v) is 17.3. The van der Waals surface area contributed by atoms with Crippen LogP contribution in [0.15, 0.2) is 41.1 Å². The molecule has 5 nitrogen and oxygen atoms in total. The number of hydrogen-bond donors (Lipinski definition) is 0. The number of ketones is 1. The Hall–Kier alpha value is -2.40. The van der Waals surface area contributed by atoms with Crippen LogP contribution in [0.25, 0.3) is 11.0 Å². The highest BCUT2D eigenvalue weighted by Gasteiger charge is 2.34. The number of benzene rings is 1. The van der Waals surface area contributed by atoms with Gasteiger partial charge in [0.25, 0.3) is 0 Å². The molecule has 29 heavy (non-hydrogen) atoms. The second-order valence-corrected chi connectivity index (χ2v) is 8.89. The summed E-state index contributed by atoms with van der Waals surface area (Å²) in [5.41, 5.74) is 4.17. The van der Waals surface area contributed by atoms with Crippen molar-refractivity contribution < 1.29 is 9.32 Å². The molecule has 5 rings (SSSR count). The van der Waals surface area contributed by atoms with Gasteiger partial charge in [-0.25, -0.2) is 0 Å². The van der Waals surface area contributed by atoms with Crippen LogP contribution in [0.4, 0.5) is 0 Å². The molecule has 0 radical (unpaired) electrons. The number of piperidine rings is 1. The number of likely N-dealkylation sites (tertiary alicyclic amines) is 1. The average Bonchev–Trinajstić information content (AvgIpc) is 3.34. The minimum absolute atomic E-state index is 0.164. The third kappa shape index (κ3) is 3.31. The number of hydrogen-bond acceptors (Lipinski definition) is 4. The summed E-state index contributed by atoms with van der Waals surface area (Å²) in [7, 11) is 2.05. The lowest BCUT2D eigenvalue weighted by atomic mass is 9.78. The molecule has 0 amide bonds. The monoisotopic (exact) mass is 391 g/mol. The summed E-state index contributed by atoms with van der Waals surface area (Å²) in [5, 5.41) is 5.52. The van der Waals surface area contributed by atoms with Crippen LogP contribution in [0.2, 0.25) is 0 Å². The molecule has 3 heterocycles. The summed E-state index contributed by atoms with van der Waals surface area (Å²) in [6.45, 7) is 5.40. The van der Waals surface area contributed by atoms with Crippen LogP contribution >= 0.6 is 0 Å². The van der Waals surface area contributed by atoms with E-state index in [4.69, 9.17) is 4.52 Å². The first-order valence-corrected chi connectivity index (χ1v) is 10.9. The molecule has 3 aromatic rings. The Morgan fingerprint density at radius 2 is 1.97 bits per heavy atom. The first-order valence-electron chi connectivity index (χ1n) is 10.9. The third-order valence-corrected chi connectivity index (χ3v) is 7.04. The molecule has 0 saturated carbocycles. The summed E-state index contributed by atoms with van der Waals surface area (Å²) >= 11 is 0. The predicted octanol–water partition coefficient (Wildman–Crippen LogP) is 4.74. The molecular weight excluding hydrogens is 362 g/mol. The Balaban J connectivity index is 1.18. The molecular formula is C24H29N3O2. The number of Topliss-reactive ketones (excluding diaryl/α,β-unsaturated/α-hetero) is 1. The van der Waals surface area contributed by atoms with Gasteiger partial charge in [-0.15, -0.1) is 0 Å². The van der Waals surface area contributed by atoms with Crippen molar-refractivity contribution in [1.29, 1.82) is 0 Å². The highest BCUT2D eigenvalue weighted by Crippen LogP contribution is 2.37. The standard InChI is InChI=1S/C24H29N3O2/c1-16-15-18(24(28)20-10-11-26(2)23(16)20)9-14-27-12-7-17(8-13-27)22-19-5-3-4-6-21(19)29-25-22/h3-6,10-11,16-18H,7-9,12-15H2,1-2H3. The molecule has 152 valence electrons. The summed E-state index contributed by atoms with van der Waals surface area (Å²) in [5.74, 6) is 1.44. The van der Waals surface area contributed by atoms with E-state index in [9.17, 15) is 4.79 Å². The van der Waals surface area contributed by atoms with Gasteiger partial charge in [0.2, 0.25) is 0 Å². The van der Waals surface area contributed by atoms with Gasteiger partial charge >= 0.3 is 0 Å². The van der Waals surface area contributed by atoms with E-state index in [0.29, 0.717) is 17.6 Å². The maximum absolute atomic E-state index is 12.9. The zero-order valence-electron chi connectivity index (χ0n) is 17.3. The average molecular weight is 392 g/mol. The minimum Gasteiger partial charge on any atom is -0.356 e. The van der Waals surface area contributed by atoms with Crippen LogP contribution in [0.1, 0.15) is 66.2 Å². The fourth-order valence-corrected chi connectivity index (χ4v) is 5.45. The molecule has 1 saturated heterocycles. The van der Waals surface area contributed by atoms with Crippen molar-refractivity contribution in [3.05, 3.63) is 53.5 Å². The molecule has 0 N–H and O–H groups in total. The zero-order chi connectivity index (χ0) is 20.0. The van der Waals surface area contributed by atoms with Gasteiger partial charge in [0.15, 0.2) is 11.4 Å². The van der Waals surface area contributed by atoms with Gasteiger partial charge < -0.3 is 14.0 Å². The number of carbonyl (C=O) groups is 1. The van der Waals surface area contributed by atoms with Gasteiger partial charge in [0, 0.05) is 41.7 Å². The van der Waals surface area contributed by atoms with Crippen molar-refractivity contribution in [2.75, 3.05) is 19.6 Å². The molecule has 2 aromatic heterocycles. The Morgan fingerprint density at radius 3 is 2.79 bits per heavy atom. The Kier molecular flexibility index (Phi) is 4.78. The number of aryl methyl sites for hydroxylation is 1. The Labute approximate surface area is 171 Å². The topological polar surface area (TPSA) is 51.3 Å². The summed E-state index contributed by atoms with van der Waals surface area (Å²) in [6.07, 6.45) is 6.18. The van der Waals surface area contributed by atoms with Gasteiger partial charge in [-0.3, -0.25) is 4.79 Å². The van der Waals surface area contributed by atoms with Crippen molar-refractivity contribution in [2.24, 2.45) is 13.0 Å². The van der Waals surface area contributed by atoms with E-state index in [2.05, 4.69) is 33.7 Å². The first kappa shape index (κ1) is 18.6. The first-order chi connectivity index (χ1) is 14.1. The van der Waals surface area contributed by atoms with Gasteiger partial charge in [-0.05, 0) is 69.4 Å². The predicted molar refractivity (Wildman–Crippen MR) is 113 cm³/mol. The number of aromatic nitrogens is 2. The normalized spacial score (nSPS) is 23.6. The van der Waals surface area contributed by atoms with Crippen molar-refractivity contribution in [2.45, 2.75) is 44.4 Å². The van der Waals surface area contributed by atoms with Crippen LogP contribution in [-0.2, 0) is 7.05 Å². The van der Waals surface area contributed by atoms with E-state index in [1.54, 1.807) is 0 Å². The van der Waals surface area contributed by atoms with E-state index in [1.165, 1.54) is 5.69 Å². The molecule has 2 atom stereocenters. The lowest BCUT2D eigenvalue weighted by Gasteiger charge is -2.33. The fraction of sp³-hybridized carbons (Fsp3) is 0.500. The Bertz CT molecular complexity index is 1030. The molecule has 2 aliphatic rings. The third-order valence-electron chi connectivity index (χ3n) is 7.04. The highest BCUT2D eigenvalue weighted by atomic mass is 16.5. The summed E-state index contributed by atoms with van der Waals surface area (Å²) in [6, 6.07) is 10.2. The molecule has 1 aliphatic carbocycles. The molecule has 0 spiro atoms. The SMILES string of the molecule is CC1CC(CCN2CCC(c3noc4ccccc34)CC2)C(=O)c2ccn(C)c21. The van der Waals surface area contributed by atoms with Crippen LogP contribution in [-0.4, -0.2) is 40.0 Å². The number of carbonyl (C=O) groups excluding carboxylic acids is 1. The van der Waals surface area contributed by atoms with Gasteiger partial charge in [-0.2, -0.15) is 0 Å². The van der Waals surface area contributed by atoms with E-state index < -0.39 is 0 Å². The van der Waals surface area contributed by atoms with E-state index in [1.807, 2.05) is 31.4 Å². The maximum atomic E-state index is 12.9. The van der Waals surface area contributed by atoms with E-state index >= 15 is 0 Å². The van der Waals surface area contributed by atoms with Crippen molar-refractivity contribution in [3.8, 4) is 0 Å². The van der Waals surface area contributed by atoms with Gasteiger partial charge in [0.05, 0.1) is 5.69 Å². The molecule has 1 aromatic carbocycles. The van der Waals surface area contributed by atoms with E-state index in [-0.39, 0.29) is 5.92 Å². The minimum atomic E-state index is 0.164. The second-order valence-electron chi connectivity index (χ2n) is 8.89. The van der Waals surface area contributed by atoms with Crippen molar-refractivity contribution >= 4 is 16.8 Å². The summed E-state index contributed by atoms with van der Waals surface area (Å²) in [4.78, 5) is 15.5. The van der Waals surface area contributed by atoms with Crippen LogP contribution < -0.4 is 0 Å². The largest absolute Gasteiger partial charge is 0.356 e. The number of fused-ring (bicyclic) bond motifs is 2. The lowest BCUT2D eigenvalue weighted by molar-refractivity contribution is 0.0866. The Morgan fingerprint density at radius 1 is 1.17 bits per heavy atom. The van der Waals surface area contributed by atoms with Gasteiger partial charge in [0.1, 0.15) is 0 Å². The number of nitrogens with zero attached hydrogens (tertiary/aromatic N) is 3.